The first-order valence-electron chi connectivity index (χ1n) is 8.47. The van der Waals surface area contributed by atoms with Gasteiger partial charge in [-0.3, -0.25) is 4.79 Å². The summed E-state index contributed by atoms with van der Waals surface area (Å²) in [6.07, 6.45) is 12.2. The van der Waals surface area contributed by atoms with Gasteiger partial charge in [-0.05, 0) is 64.4 Å². The van der Waals surface area contributed by atoms with Gasteiger partial charge >= 0.3 is 0 Å². The van der Waals surface area contributed by atoms with Gasteiger partial charge in [0.05, 0.1) is 5.60 Å². The van der Waals surface area contributed by atoms with Crippen molar-refractivity contribution in [2.75, 3.05) is 0 Å². The Morgan fingerprint density at radius 3 is 2.55 bits per heavy atom. The second-order valence-corrected chi connectivity index (χ2v) is 7.39. The van der Waals surface area contributed by atoms with Crippen LogP contribution in [-0.4, -0.2) is 16.5 Å². The highest BCUT2D eigenvalue weighted by Crippen LogP contribution is 2.24. The Morgan fingerprint density at radius 1 is 1.23 bits per heavy atom. The van der Waals surface area contributed by atoms with Gasteiger partial charge < -0.3 is 5.11 Å². The third-order valence-corrected chi connectivity index (χ3v) is 4.40. The summed E-state index contributed by atoms with van der Waals surface area (Å²) in [6.45, 7) is 10.3. The minimum absolute atomic E-state index is 0.00556. The monoisotopic (exact) mass is 304 g/mol. The van der Waals surface area contributed by atoms with Crippen LogP contribution < -0.4 is 0 Å². The lowest BCUT2D eigenvalue weighted by Crippen LogP contribution is -2.25. The molecule has 0 saturated carbocycles. The SMILES string of the molecule is C/C1=C\C(=O)C[C@](C)(O)/C=C/[C@H](C(C)C)CC/C(C)=C/CC1. The Labute approximate surface area is 136 Å². The molecule has 0 saturated heterocycles. The second kappa shape index (κ2) is 8.47. The summed E-state index contributed by atoms with van der Waals surface area (Å²) in [5.74, 6) is 0.974. The Balaban J connectivity index is 2.99. The van der Waals surface area contributed by atoms with E-state index in [0.29, 0.717) is 11.8 Å². The van der Waals surface area contributed by atoms with E-state index < -0.39 is 5.60 Å². The molecule has 0 spiro atoms. The number of rotatable bonds is 1. The first-order chi connectivity index (χ1) is 10.2. The van der Waals surface area contributed by atoms with E-state index in [0.717, 1.165) is 31.3 Å². The molecule has 0 amide bonds. The summed E-state index contributed by atoms with van der Waals surface area (Å²) < 4.78 is 0. The molecule has 0 fully saturated rings. The van der Waals surface area contributed by atoms with E-state index in [1.807, 2.05) is 13.0 Å². The van der Waals surface area contributed by atoms with Crippen LogP contribution in [0, 0.1) is 11.8 Å². The summed E-state index contributed by atoms with van der Waals surface area (Å²) in [6, 6.07) is 0. The van der Waals surface area contributed by atoms with E-state index in [1.165, 1.54) is 5.57 Å². The van der Waals surface area contributed by atoms with Crippen molar-refractivity contribution in [2.45, 2.75) is 72.3 Å². The Hall–Kier alpha value is -1.15. The quantitative estimate of drug-likeness (QED) is 0.693. The average Bonchev–Trinajstić information content (AvgIpc) is 2.36. The second-order valence-electron chi connectivity index (χ2n) is 7.39. The van der Waals surface area contributed by atoms with Crippen molar-refractivity contribution in [3.63, 3.8) is 0 Å². The molecule has 1 aliphatic rings. The summed E-state index contributed by atoms with van der Waals surface area (Å²) in [7, 11) is 0. The molecule has 22 heavy (non-hydrogen) atoms. The molecule has 2 nitrogen and oxygen atoms in total. The molecule has 2 heteroatoms. The summed E-state index contributed by atoms with van der Waals surface area (Å²) in [4.78, 5) is 12.1. The van der Waals surface area contributed by atoms with E-state index in [2.05, 4.69) is 32.9 Å². The molecule has 0 unspecified atom stereocenters. The molecule has 0 aromatic carbocycles. The first kappa shape index (κ1) is 18.9. The number of carbonyl (C=O) groups excluding carboxylic acids is 1. The highest BCUT2D eigenvalue weighted by atomic mass is 16.3. The normalized spacial score (nSPS) is 35.2. The van der Waals surface area contributed by atoms with Crippen LogP contribution in [0.25, 0.3) is 0 Å². The fourth-order valence-corrected chi connectivity index (χ4v) is 2.84. The van der Waals surface area contributed by atoms with E-state index in [9.17, 15) is 9.90 Å². The van der Waals surface area contributed by atoms with Gasteiger partial charge in [0.25, 0.3) is 0 Å². The maximum absolute atomic E-state index is 12.1. The predicted molar refractivity (Wildman–Crippen MR) is 93.7 cm³/mol. The van der Waals surface area contributed by atoms with Crippen LogP contribution >= 0.6 is 0 Å². The maximum atomic E-state index is 12.1. The van der Waals surface area contributed by atoms with Gasteiger partial charge in [-0.25, -0.2) is 0 Å². The van der Waals surface area contributed by atoms with Crippen molar-refractivity contribution in [3.8, 4) is 0 Å². The van der Waals surface area contributed by atoms with Crippen molar-refractivity contribution in [1.29, 1.82) is 0 Å². The maximum Gasteiger partial charge on any atom is 0.158 e. The molecule has 0 aliphatic heterocycles. The molecule has 1 N–H and O–H groups in total. The lowest BCUT2D eigenvalue weighted by Gasteiger charge is -2.22. The molecule has 0 bridgehead atoms. The Bertz CT molecular complexity index is 464. The first-order valence-corrected chi connectivity index (χ1v) is 8.47. The fourth-order valence-electron chi connectivity index (χ4n) is 2.84. The van der Waals surface area contributed by atoms with Crippen molar-refractivity contribution >= 4 is 5.78 Å². The molecular weight excluding hydrogens is 272 g/mol. The van der Waals surface area contributed by atoms with Gasteiger partial charge in [-0.1, -0.05) is 43.2 Å². The summed E-state index contributed by atoms with van der Waals surface area (Å²) in [5, 5.41) is 10.4. The zero-order valence-corrected chi connectivity index (χ0v) is 14.9. The van der Waals surface area contributed by atoms with E-state index in [-0.39, 0.29) is 12.2 Å². The Morgan fingerprint density at radius 2 is 1.91 bits per heavy atom. The van der Waals surface area contributed by atoms with E-state index in [1.54, 1.807) is 13.0 Å². The Kier molecular flexibility index (Phi) is 7.28. The minimum atomic E-state index is -1.06. The molecule has 0 heterocycles. The van der Waals surface area contributed by atoms with Gasteiger partial charge in [0, 0.05) is 6.42 Å². The smallest absolute Gasteiger partial charge is 0.158 e. The van der Waals surface area contributed by atoms with E-state index in [4.69, 9.17) is 0 Å². The minimum Gasteiger partial charge on any atom is -0.386 e. The van der Waals surface area contributed by atoms with Crippen molar-refractivity contribution in [3.05, 3.63) is 35.5 Å². The molecule has 124 valence electrons. The van der Waals surface area contributed by atoms with Crippen LogP contribution in [0.1, 0.15) is 66.7 Å². The highest BCUT2D eigenvalue weighted by Gasteiger charge is 2.21. The number of allylic oxidation sites excluding steroid dienone is 5. The molecule has 2 atom stereocenters. The van der Waals surface area contributed by atoms with Crippen molar-refractivity contribution < 1.29 is 9.90 Å². The fraction of sp³-hybridized carbons (Fsp3) is 0.650. The molecule has 0 radical (unpaired) electrons. The van der Waals surface area contributed by atoms with Crippen molar-refractivity contribution in [2.24, 2.45) is 11.8 Å². The summed E-state index contributed by atoms with van der Waals surface area (Å²) in [5.41, 5.74) is 1.45. The van der Waals surface area contributed by atoms with Crippen LogP contribution in [0.3, 0.4) is 0 Å². The average molecular weight is 304 g/mol. The largest absolute Gasteiger partial charge is 0.386 e. The number of aliphatic hydroxyl groups is 1. The zero-order chi connectivity index (χ0) is 16.8. The third kappa shape index (κ3) is 7.22. The van der Waals surface area contributed by atoms with Gasteiger partial charge in [0.2, 0.25) is 0 Å². The molecule has 1 aliphatic carbocycles. The molecule has 1 rings (SSSR count). The van der Waals surface area contributed by atoms with Gasteiger partial charge in [-0.15, -0.1) is 0 Å². The van der Waals surface area contributed by atoms with Gasteiger partial charge in [-0.2, -0.15) is 0 Å². The molecular formula is C20H32O2. The highest BCUT2D eigenvalue weighted by molar-refractivity contribution is 5.91. The van der Waals surface area contributed by atoms with Crippen LogP contribution in [-0.2, 0) is 4.79 Å². The van der Waals surface area contributed by atoms with Crippen LogP contribution in [0.15, 0.2) is 35.5 Å². The standard InChI is InChI=1S/C20H32O2/c1-15(2)18-10-9-16(3)7-6-8-17(4)13-19(21)14-20(5,22)12-11-18/h7,11-13,15,18,22H,6,8-10,14H2,1-5H3/b12-11+,16-7+,17-13+/t18-,20-/m1/s1. The predicted octanol–water partition coefficient (Wildman–Crippen LogP) is 4.99. The number of hydrogen-bond donors (Lipinski definition) is 1. The lowest BCUT2D eigenvalue weighted by molar-refractivity contribution is -0.117. The number of ketones is 1. The van der Waals surface area contributed by atoms with Gasteiger partial charge in [0.15, 0.2) is 5.78 Å². The van der Waals surface area contributed by atoms with Gasteiger partial charge in [0.1, 0.15) is 0 Å². The number of carbonyl (C=O) groups is 1. The molecule has 0 aromatic heterocycles. The number of hydrogen-bond acceptors (Lipinski definition) is 2. The topological polar surface area (TPSA) is 37.3 Å². The van der Waals surface area contributed by atoms with Crippen molar-refractivity contribution in [1.82, 2.24) is 0 Å². The van der Waals surface area contributed by atoms with Crippen LogP contribution in [0.5, 0.6) is 0 Å². The third-order valence-electron chi connectivity index (χ3n) is 4.40. The zero-order valence-electron chi connectivity index (χ0n) is 14.9. The van der Waals surface area contributed by atoms with E-state index >= 15 is 0 Å². The summed E-state index contributed by atoms with van der Waals surface area (Å²) >= 11 is 0. The lowest BCUT2D eigenvalue weighted by atomic mass is 9.86. The molecule has 0 aromatic rings. The van der Waals surface area contributed by atoms with Crippen LogP contribution in [0.2, 0.25) is 0 Å². The van der Waals surface area contributed by atoms with Crippen LogP contribution in [0.4, 0.5) is 0 Å².